The number of nitrogens with zero attached hydrogens (tertiary/aromatic N) is 2. The molecule has 3 aromatic carbocycles. The molecule has 8 nitrogen and oxygen atoms in total. The molecule has 5 rings (SSSR count). The zero-order chi connectivity index (χ0) is 31.3. The minimum atomic E-state index is -3.79. The van der Waals surface area contributed by atoms with Gasteiger partial charge in [-0.1, -0.05) is 75.7 Å². The van der Waals surface area contributed by atoms with Crippen LogP contribution in [0.5, 0.6) is 0 Å². The Hall–Kier alpha value is -3.53. The predicted molar refractivity (Wildman–Crippen MR) is 172 cm³/mol. The van der Waals surface area contributed by atoms with Gasteiger partial charge in [0.15, 0.2) is 0 Å². The van der Waals surface area contributed by atoms with E-state index in [0.717, 1.165) is 25.8 Å². The van der Waals surface area contributed by atoms with Gasteiger partial charge < -0.3 is 10.1 Å². The minimum Gasteiger partial charge on any atom is -0.458 e. The number of ether oxygens (including phenoxy) is 1. The zero-order valence-electron chi connectivity index (χ0n) is 25.8. The largest absolute Gasteiger partial charge is 0.458 e. The Morgan fingerprint density at radius 1 is 0.909 bits per heavy atom. The highest BCUT2D eigenvalue weighted by atomic mass is 32.2. The average molecular weight is 618 g/mol. The first-order valence-electron chi connectivity index (χ1n) is 15.6. The third kappa shape index (κ3) is 7.57. The van der Waals surface area contributed by atoms with Crippen LogP contribution in [0.2, 0.25) is 0 Å². The molecular formula is C35H43N3O5S. The number of rotatable bonds is 9. The number of hydrogen-bond donors (Lipinski definition) is 1. The molecule has 44 heavy (non-hydrogen) atoms. The molecule has 0 aromatic heterocycles. The van der Waals surface area contributed by atoms with Crippen LogP contribution >= 0.6 is 0 Å². The van der Waals surface area contributed by atoms with Gasteiger partial charge >= 0.3 is 5.97 Å². The van der Waals surface area contributed by atoms with Gasteiger partial charge in [-0.2, -0.15) is 4.31 Å². The van der Waals surface area contributed by atoms with Gasteiger partial charge in [-0.25, -0.2) is 13.2 Å². The highest BCUT2D eigenvalue weighted by Gasteiger charge is 2.34. The molecular weight excluding hydrogens is 574 g/mol. The van der Waals surface area contributed by atoms with Gasteiger partial charge in [-0.15, -0.1) is 0 Å². The van der Waals surface area contributed by atoms with E-state index in [1.54, 1.807) is 36.4 Å². The summed E-state index contributed by atoms with van der Waals surface area (Å²) in [6, 6.07) is 23.0. The Morgan fingerprint density at radius 2 is 1.61 bits per heavy atom. The molecule has 3 aromatic rings. The van der Waals surface area contributed by atoms with Crippen LogP contribution in [0.25, 0.3) is 0 Å². The molecule has 1 aliphatic carbocycles. The normalized spacial score (nSPS) is 21.6. The SMILES string of the molecule is CC(C)[C@H]1CC[C@H](C)C[C@@H]1OC(=O)c1ccccc1NC(=O)c1cccc(S(=O)(=O)N2CCN(Cc3ccccc3)CC2)c1. The average Bonchev–Trinajstić information content (AvgIpc) is 3.02. The highest BCUT2D eigenvalue weighted by molar-refractivity contribution is 7.89. The van der Waals surface area contributed by atoms with Gasteiger partial charge in [0, 0.05) is 38.3 Å². The molecule has 1 saturated carbocycles. The highest BCUT2D eigenvalue weighted by Crippen LogP contribution is 2.36. The first-order chi connectivity index (χ1) is 21.1. The van der Waals surface area contributed by atoms with Gasteiger partial charge in [-0.05, 0) is 66.5 Å². The van der Waals surface area contributed by atoms with Crippen LogP contribution in [0.15, 0.2) is 83.8 Å². The monoisotopic (exact) mass is 617 g/mol. The van der Waals surface area contributed by atoms with Crippen molar-refractivity contribution in [2.24, 2.45) is 17.8 Å². The smallest absolute Gasteiger partial charge is 0.340 e. The summed E-state index contributed by atoms with van der Waals surface area (Å²) >= 11 is 0. The number of carbonyl (C=O) groups is 2. The van der Waals surface area contributed by atoms with E-state index in [4.69, 9.17) is 4.74 Å². The molecule has 0 radical (unpaired) electrons. The number of amides is 1. The first kappa shape index (κ1) is 31.9. The van der Waals surface area contributed by atoms with Crippen molar-refractivity contribution in [3.8, 4) is 0 Å². The van der Waals surface area contributed by atoms with Crippen LogP contribution in [0, 0.1) is 17.8 Å². The summed E-state index contributed by atoms with van der Waals surface area (Å²) in [5.41, 5.74) is 1.99. The van der Waals surface area contributed by atoms with Crippen LogP contribution in [0.3, 0.4) is 0 Å². The molecule has 3 atom stereocenters. The molecule has 234 valence electrons. The number of hydrogen-bond acceptors (Lipinski definition) is 6. The topological polar surface area (TPSA) is 96.0 Å². The van der Waals surface area contributed by atoms with E-state index in [0.29, 0.717) is 49.6 Å². The maximum Gasteiger partial charge on any atom is 0.340 e. The van der Waals surface area contributed by atoms with E-state index in [9.17, 15) is 18.0 Å². The van der Waals surface area contributed by atoms with E-state index >= 15 is 0 Å². The van der Waals surface area contributed by atoms with Crippen molar-refractivity contribution in [3.63, 3.8) is 0 Å². The summed E-state index contributed by atoms with van der Waals surface area (Å²) in [6.45, 7) is 9.28. The lowest BCUT2D eigenvalue weighted by molar-refractivity contribution is -0.0173. The summed E-state index contributed by atoms with van der Waals surface area (Å²) in [5.74, 6) is 0.222. The van der Waals surface area contributed by atoms with E-state index in [1.165, 1.54) is 22.0 Å². The summed E-state index contributed by atoms with van der Waals surface area (Å²) in [4.78, 5) is 29.0. The van der Waals surface area contributed by atoms with Gasteiger partial charge in [-0.3, -0.25) is 9.69 Å². The summed E-state index contributed by atoms with van der Waals surface area (Å²) in [6.07, 6.45) is 2.81. The number of carbonyl (C=O) groups excluding carboxylic acids is 2. The molecule has 0 spiro atoms. The second kappa shape index (κ2) is 14.1. The number of benzene rings is 3. The maximum absolute atomic E-state index is 13.5. The van der Waals surface area contributed by atoms with Gasteiger partial charge in [0.2, 0.25) is 10.0 Å². The molecule has 0 unspecified atom stereocenters. The Labute approximate surface area is 261 Å². The van der Waals surface area contributed by atoms with E-state index in [1.807, 2.05) is 18.2 Å². The Bertz CT molecular complexity index is 1550. The van der Waals surface area contributed by atoms with Crippen molar-refractivity contribution in [3.05, 3.63) is 95.6 Å². The molecule has 9 heteroatoms. The fraction of sp³-hybridized carbons (Fsp3) is 0.429. The first-order valence-corrected chi connectivity index (χ1v) is 17.0. The molecule has 1 heterocycles. The van der Waals surface area contributed by atoms with Gasteiger partial charge in [0.25, 0.3) is 5.91 Å². The second-order valence-corrected chi connectivity index (χ2v) is 14.4. The van der Waals surface area contributed by atoms with Crippen LogP contribution in [-0.4, -0.2) is 61.8 Å². The van der Waals surface area contributed by atoms with Crippen LogP contribution in [0.1, 0.15) is 66.3 Å². The van der Waals surface area contributed by atoms with Crippen molar-refractivity contribution in [1.29, 1.82) is 0 Å². The Morgan fingerprint density at radius 3 is 2.34 bits per heavy atom. The summed E-state index contributed by atoms with van der Waals surface area (Å²) < 4.78 is 34.6. The van der Waals surface area contributed by atoms with Gasteiger partial charge in [0.1, 0.15) is 6.10 Å². The molecule has 1 saturated heterocycles. The molecule has 0 bridgehead atoms. The van der Waals surface area contributed by atoms with E-state index in [-0.39, 0.29) is 22.1 Å². The van der Waals surface area contributed by atoms with E-state index in [2.05, 4.69) is 43.1 Å². The number of sulfonamides is 1. The lowest BCUT2D eigenvalue weighted by Crippen LogP contribution is -2.48. The predicted octanol–water partition coefficient (Wildman–Crippen LogP) is 6.06. The van der Waals surface area contributed by atoms with Crippen LogP contribution < -0.4 is 5.32 Å². The third-order valence-corrected chi connectivity index (χ3v) is 10.8. The standard InChI is InChI=1S/C35H43N3O5S/c1-25(2)30-17-16-26(3)22-33(30)43-35(40)31-14-7-8-15-32(31)36-34(39)28-12-9-13-29(23-28)44(41,42)38-20-18-37(19-21-38)24-27-10-5-4-6-11-27/h4-15,23,25-26,30,33H,16-22,24H2,1-3H3,(H,36,39)/t26-,30+,33-/m0/s1. The summed E-state index contributed by atoms with van der Waals surface area (Å²) in [7, 11) is -3.79. The summed E-state index contributed by atoms with van der Waals surface area (Å²) in [5, 5.41) is 2.82. The quantitative estimate of drug-likeness (QED) is 0.293. The molecule has 1 amide bonds. The number of para-hydroxylation sites is 1. The Balaban J connectivity index is 1.25. The number of nitrogens with one attached hydrogen (secondary N) is 1. The van der Waals surface area contributed by atoms with Crippen molar-refractivity contribution in [2.75, 3.05) is 31.5 Å². The van der Waals surface area contributed by atoms with Crippen molar-refractivity contribution in [2.45, 2.75) is 57.6 Å². The van der Waals surface area contributed by atoms with Gasteiger partial charge in [0.05, 0.1) is 16.1 Å². The molecule has 1 N–H and O–H groups in total. The Kier molecular flexibility index (Phi) is 10.2. The molecule has 2 aliphatic rings. The lowest BCUT2D eigenvalue weighted by atomic mass is 9.75. The van der Waals surface area contributed by atoms with E-state index < -0.39 is 21.9 Å². The van der Waals surface area contributed by atoms with Crippen molar-refractivity contribution in [1.82, 2.24) is 9.21 Å². The number of anilines is 1. The fourth-order valence-corrected chi connectivity index (χ4v) is 7.80. The van der Waals surface area contributed by atoms with Crippen molar-refractivity contribution >= 4 is 27.6 Å². The maximum atomic E-state index is 13.5. The number of esters is 1. The fourth-order valence-electron chi connectivity index (χ4n) is 6.33. The van der Waals surface area contributed by atoms with Crippen LogP contribution in [-0.2, 0) is 21.3 Å². The van der Waals surface area contributed by atoms with Crippen LogP contribution in [0.4, 0.5) is 5.69 Å². The molecule has 2 fully saturated rings. The molecule has 1 aliphatic heterocycles. The second-order valence-electron chi connectivity index (χ2n) is 12.5. The van der Waals surface area contributed by atoms with Crippen molar-refractivity contribution < 1.29 is 22.7 Å². The lowest BCUT2D eigenvalue weighted by Gasteiger charge is -2.36. The zero-order valence-corrected chi connectivity index (χ0v) is 26.6. The third-order valence-electron chi connectivity index (χ3n) is 8.93. The number of piperazine rings is 1. The minimum absolute atomic E-state index is 0.0699.